The summed E-state index contributed by atoms with van der Waals surface area (Å²) in [6.07, 6.45) is 4.52. The van der Waals surface area contributed by atoms with E-state index in [9.17, 15) is 9.59 Å². The average molecular weight is 295 g/mol. The lowest BCUT2D eigenvalue weighted by Gasteiger charge is -2.25. The lowest BCUT2D eigenvalue weighted by molar-refractivity contribution is -0.131. The Hall–Kier alpha value is -1.62. The molecule has 110 valence electrons. The zero-order valence-electron chi connectivity index (χ0n) is 12.3. The van der Waals surface area contributed by atoms with Crippen LogP contribution in [0.2, 0.25) is 0 Å². The van der Waals surface area contributed by atoms with Crippen molar-refractivity contribution in [3.05, 3.63) is 27.5 Å². The summed E-state index contributed by atoms with van der Waals surface area (Å²) in [4.78, 5) is 24.1. The average Bonchev–Trinajstić information content (AvgIpc) is 2.67. The van der Waals surface area contributed by atoms with E-state index in [0.29, 0.717) is 4.88 Å². The van der Waals surface area contributed by atoms with E-state index in [1.165, 1.54) is 17.4 Å². The van der Waals surface area contributed by atoms with Gasteiger partial charge in [-0.05, 0) is 44.9 Å². The van der Waals surface area contributed by atoms with E-state index in [1.807, 2.05) is 20.8 Å². The van der Waals surface area contributed by atoms with Gasteiger partial charge in [0.1, 0.15) is 0 Å². The topological polar surface area (TPSA) is 66.4 Å². The molecule has 0 radical (unpaired) electrons. The van der Waals surface area contributed by atoms with Gasteiger partial charge in [-0.1, -0.05) is 13.3 Å². The van der Waals surface area contributed by atoms with Crippen LogP contribution < -0.4 is 5.32 Å². The van der Waals surface area contributed by atoms with E-state index >= 15 is 0 Å². The molecule has 0 fully saturated rings. The Kier molecular flexibility index (Phi) is 5.51. The molecule has 0 aromatic carbocycles. The van der Waals surface area contributed by atoms with Gasteiger partial charge in [0.05, 0.1) is 4.88 Å². The molecule has 1 amide bonds. The number of carboxylic acid groups (broad SMARTS) is 1. The third-order valence-electron chi connectivity index (χ3n) is 2.88. The molecule has 0 saturated carbocycles. The van der Waals surface area contributed by atoms with Crippen LogP contribution in [0.3, 0.4) is 0 Å². The van der Waals surface area contributed by atoms with Gasteiger partial charge in [-0.3, -0.25) is 4.79 Å². The summed E-state index contributed by atoms with van der Waals surface area (Å²) in [5, 5.41) is 11.6. The first kappa shape index (κ1) is 16.4. The normalized spacial score (nSPS) is 11.8. The highest BCUT2D eigenvalue weighted by atomic mass is 32.1. The van der Waals surface area contributed by atoms with Gasteiger partial charge in [0.15, 0.2) is 0 Å². The molecule has 0 saturated heterocycles. The molecule has 0 aliphatic carbocycles. The second kappa shape index (κ2) is 6.70. The molecule has 1 aromatic heterocycles. The van der Waals surface area contributed by atoms with Crippen molar-refractivity contribution in [3.63, 3.8) is 0 Å². The predicted molar refractivity (Wildman–Crippen MR) is 82.2 cm³/mol. The fourth-order valence-corrected chi connectivity index (χ4v) is 2.95. The molecular weight excluding hydrogens is 274 g/mol. The van der Waals surface area contributed by atoms with Crippen molar-refractivity contribution in [2.45, 2.75) is 46.1 Å². The first-order valence-corrected chi connectivity index (χ1v) is 7.41. The predicted octanol–water partition coefficient (Wildman–Crippen LogP) is 3.46. The third-order valence-corrected chi connectivity index (χ3v) is 4.09. The minimum atomic E-state index is -0.993. The van der Waals surface area contributed by atoms with Crippen molar-refractivity contribution in [3.8, 4) is 0 Å². The van der Waals surface area contributed by atoms with Crippen LogP contribution >= 0.6 is 11.3 Å². The number of amides is 1. The Morgan fingerprint density at radius 1 is 1.45 bits per heavy atom. The second-order valence-electron chi connectivity index (χ2n) is 5.42. The molecule has 0 aliphatic heterocycles. The SMILES string of the molecule is CCCC(C)(C)NC(=O)c1cc(C)c(/C=C/C(=O)O)s1. The number of hydrogen-bond donors (Lipinski definition) is 2. The highest BCUT2D eigenvalue weighted by molar-refractivity contribution is 7.15. The molecule has 1 aromatic rings. The maximum absolute atomic E-state index is 12.2. The van der Waals surface area contributed by atoms with E-state index in [1.54, 1.807) is 6.07 Å². The Bertz CT molecular complexity index is 529. The number of carbonyl (C=O) groups excluding carboxylic acids is 1. The van der Waals surface area contributed by atoms with Crippen molar-refractivity contribution < 1.29 is 14.7 Å². The Balaban J connectivity index is 2.85. The third kappa shape index (κ3) is 4.81. The van der Waals surface area contributed by atoms with Crippen LogP contribution in [0.4, 0.5) is 0 Å². The van der Waals surface area contributed by atoms with Crippen molar-refractivity contribution in [2.75, 3.05) is 0 Å². The molecule has 0 bridgehead atoms. The molecule has 1 heterocycles. The van der Waals surface area contributed by atoms with Crippen LogP contribution in [0.1, 0.15) is 53.7 Å². The maximum Gasteiger partial charge on any atom is 0.328 e. The molecule has 5 heteroatoms. The first-order valence-electron chi connectivity index (χ1n) is 6.59. The molecular formula is C15H21NO3S. The number of aryl methyl sites for hydroxylation is 1. The van der Waals surface area contributed by atoms with Crippen molar-refractivity contribution in [2.24, 2.45) is 0 Å². The zero-order chi connectivity index (χ0) is 15.3. The standard InChI is InChI=1S/C15H21NO3S/c1-5-8-15(3,4)16-14(19)12-9-10(2)11(20-12)6-7-13(17)18/h6-7,9H,5,8H2,1-4H3,(H,16,19)(H,17,18)/b7-6+. The Morgan fingerprint density at radius 2 is 2.10 bits per heavy atom. The zero-order valence-corrected chi connectivity index (χ0v) is 13.1. The highest BCUT2D eigenvalue weighted by Gasteiger charge is 2.21. The van der Waals surface area contributed by atoms with Gasteiger partial charge < -0.3 is 10.4 Å². The number of carboxylic acids is 1. The van der Waals surface area contributed by atoms with Crippen molar-refractivity contribution in [1.82, 2.24) is 5.32 Å². The number of thiophene rings is 1. The van der Waals surface area contributed by atoms with Gasteiger partial charge in [-0.25, -0.2) is 4.79 Å². The van der Waals surface area contributed by atoms with Gasteiger partial charge in [-0.15, -0.1) is 11.3 Å². The summed E-state index contributed by atoms with van der Waals surface area (Å²) in [5.41, 5.74) is 0.673. The van der Waals surface area contributed by atoms with Crippen LogP contribution in [0.5, 0.6) is 0 Å². The van der Waals surface area contributed by atoms with Crippen molar-refractivity contribution in [1.29, 1.82) is 0 Å². The van der Waals surface area contributed by atoms with Gasteiger partial charge in [0.2, 0.25) is 0 Å². The van der Waals surface area contributed by atoms with Crippen LogP contribution in [-0.2, 0) is 4.79 Å². The summed E-state index contributed by atoms with van der Waals surface area (Å²) in [6.45, 7) is 7.95. The van der Waals surface area contributed by atoms with E-state index in [0.717, 1.165) is 29.4 Å². The largest absolute Gasteiger partial charge is 0.478 e. The Labute approximate surface area is 123 Å². The molecule has 0 aliphatic rings. The lowest BCUT2D eigenvalue weighted by atomic mass is 9.99. The minimum Gasteiger partial charge on any atom is -0.478 e. The van der Waals surface area contributed by atoms with E-state index in [2.05, 4.69) is 12.2 Å². The van der Waals surface area contributed by atoms with Crippen LogP contribution in [0.25, 0.3) is 6.08 Å². The highest BCUT2D eigenvalue weighted by Crippen LogP contribution is 2.24. The molecule has 4 nitrogen and oxygen atoms in total. The van der Waals surface area contributed by atoms with Gasteiger partial charge >= 0.3 is 5.97 Å². The van der Waals surface area contributed by atoms with Crippen LogP contribution in [0, 0.1) is 6.92 Å². The quantitative estimate of drug-likeness (QED) is 0.790. The van der Waals surface area contributed by atoms with E-state index < -0.39 is 5.97 Å². The second-order valence-corrected chi connectivity index (χ2v) is 6.50. The first-order chi connectivity index (χ1) is 9.25. The summed E-state index contributed by atoms with van der Waals surface area (Å²) < 4.78 is 0. The summed E-state index contributed by atoms with van der Waals surface area (Å²) in [6, 6.07) is 1.80. The summed E-state index contributed by atoms with van der Waals surface area (Å²) in [5.74, 6) is -1.10. The number of rotatable bonds is 6. The van der Waals surface area contributed by atoms with E-state index in [4.69, 9.17) is 5.11 Å². The summed E-state index contributed by atoms with van der Waals surface area (Å²) in [7, 11) is 0. The lowest BCUT2D eigenvalue weighted by Crippen LogP contribution is -2.42. The van der Waals surface area contributed by atoms with Crippen LogP contribution in [-0.4, -0.2) is 22.5 Å². The number of nitrogens with one attached hydrogen (secondary N) is 1. The van der Waals surface area contributed by atoms with Crippen molar-refractivity contribution >= 4 is 29.3 Å². The van der Waals surface area contributed by atoms with Gasteiger partial charge in [0.25, 0.3) is 5.91 Å². The fourth-order valence-electron chi connectivity index (χ4n) is 1.98. The molecule has 0 atom stereocenters. The van der Waals surface area contributed by atoms with Crippen LogP contribution in [0.15, 0.2) is 12.1 Å². The van der Waals surface area contributed by atoms with E-state index in [-0.39, 0.29) is 11.4 Å². The molecule has 2 N–H and O–H groups in total. The monoisotopic (exact) mass is 295 g/mol. The molecule has 0 spiro atoms. The van der Waals surface area contributed by atoms with Gasteiger partial charge in [-0.2, -0.15) is 0 Å². The Morgan fingerprint density at radius 3 is 2.65 bits per heavy atom. The minimum absolute atomic E-state index is 0.105. The summed E-state index contributed by atoms with van der Waals surface area (Å²) >= 11 is 1.31. The fraction of sp³-hybridized carbons (Fsp3) is 0.467. The smallest absolute Gasteiger partial charge is 0.328 e. The molecule has 0 unspecified atom stereocenters. The number of hydrogen-bond acceptors (Lipinski definition) is 3. The maximum atomic E-state index is 12.2. The van der Waals surface area contributed by atoms with Gasteiger partial charge in [0, 0.05) is 16.5 Å². The number of aliphatic carboxylic acids is 1. The molecule has 1 rings (SSSR count). The molecule has 20 heavy (non-hydrogen) atoms. The number of carbonyl (C=O) groups is 2.